The summed E-state index contributed by atoms with van der Waals surface area (Å²) in [6.45, 7) is 6.17. The fourth-order valence-corrected chi connectivity index (χ4v) is 2.93. The Labute approximate surface area is 134 Å². The molecular weight excluding hydrogens is 292 g/mol. The first-order valence-electron chi connectivity index (χ1n) is 7.57. The second-order valence-corrected chi connectivity index (χ2v) is 5.66. The predicted octanol–water partition coefficient (Wildman–Crippen LogP) is 3.43. The van der Waals surface area contributed by atoms with Gasteiger partial charge in [-0.2, -0.15) is 10.1 Å². The van der Waals surface area contributed by atoms with Crippen LogP contribution in [0.15, 0.2) is 28.8 Å². The summed E-state index contributed by atoms with van der Waals surface area (Å²) >= 11 is 0. The molecule has 3 aromatic rings. The Morgan fingerprint density at radius 1 is 1.26 bits per heavy atom. The number of ether oxygens (including phenoxy) is 1. The quantitative estimate of drug-likeness (QED) is 0.781. The molecular formula is C17H20N4O2. The SMILES string of the molecule is COc1ccccc1-c1noc(CC(C)c2c(C)n[nH]c2C)n1. The number of aromatic amines is 1. The molecule has 3 rings (SSSR count). The van der Waals surface area contributed by atoms with E-state index in [0.29, 0.717) is 18.1 Å². The molecule has 2 aromatic heterocycles. The van der Waals surface area contributed by atoms with E-state index < -0.39 is 0 Å². The lowest BCUT2D eigenvalue weighted by Gasteiger charge is -2.08. The van der Waals surface area contributed by atoms with Crippen molar-refractivity contribution in [3.8, 4) is 17.1 Å². The van der Waals surface area contributed by atoms with E-state index in [2.05, 4.69) is 27.3 Å². The molecule has 0 amide bonds. The lowest BCUT2D eigenvalue weighted by Crippen LogP contribution is -2.01. The largest absolute Gasteiger partial charge is 0.496 e. The van der Waals surface area contributed by atoms with Gasteiger partial charge in [0.1, 0.15) is 5.75 Å². The monoisotopic (exact) mass is 312 g/mol. The topological polar surface area (TPSA) is 76.8 Å². The van der Waals surface area contributed by atoms with Crippen LogP contribution in [0, 0.1) is 13.8 Å². The molecule has 2 heterocycles. The van der Waals surface area contributed by atoms with E-state index in [4.69, 9.17) is 9.26 Å². The molecule has 0 radical (unpaired) electrons. The molecule has 6 nitrogen and oxygen atoms in total. The van der Waals surface area contributed by atoms with E-state index in [1.165, 1.54) is 5.56 Å². The highest BCUT2D eigenvalue weighted by Gasteiger charge is 2.19. The first kappa shape index (κ1) is 15.3. The normalized spacial score (nSPS) is 12.3. The standard InChI is InChI=1S/C17H20N4O2/c1-10(16-11(2)19-20-12(16)3)9-15-18-17(21-23-15)13-7-5-6-8-14(13)22-4/h5-8,10H,9H2,1-4H3,(H,19,20). The number of nitrogens with zero attached hydrogens (tertiary/aromatic N) is 3. The molecule has 23 heavy (non-hydrogen) atoms. The van der Waals surface area contributed by atoms with Gasteiger partial charge in [-0.15, -0.1) is 0 Å². The molecule has 0 bridgehead atoms. The molecule has 0 saturated carbocycles. The Morgan fingerprint density at radius 2 is 2.04 bits per heavy atom. The van der Waals surface area contributed by atoms with Crippen LogP contribution in [0.25, 0.3) is 11.4 Å². The maximum absolute atomic E-state index is 5.42. The zero-order chi connectivity index (χ0) is 16.4. The summed E-state index contributed by atoms with van der Waals surface area (Å²) in [6.07, 6.45) is 0.670. The molecule has 0 aliphatic carbocycles. The Morgan fingerprint density at radius 3 is 2.74 bits per heavy atom. The van der Waals surface area contributed by atoms with Gasteiger partial charge < -0.3 is 9.26 Å². The van der Waals surface area contributed by atoms with Crippen molar-refractivity contribution in [2.24, 2.45) is 0 Å². The van der Waals surface area contributed by atoms with E-state index in [0.717, 1.165) is 22.7 Å². The van der Waals surface area contributed by atoms with Crippen molar-refractivity contribution in [2.45, 2.75) is 33.1 Å². The first-order chi connectivity index (χ1) is 11.1. The number of H-pyrrole nitrogens is 1. The molecule has 0 saturated heterocycles. The molecule has 120 valence electrons. The third-order valence-electron chi connectivity index (χ3n) is 3.97. The van der Waals surface area contributed by atoms with Gasteiger partial charge in [-0.1, -0.05) is 24.2 Å². The third-order valence-corrected chi connectivity index (χ3v) is 3.97. The van der Waals surface area contributed by atoms with Crippen LogP contribution in [0.4, 0.5) is 0 Å². The number of methoxy groups -OCH3 is 1. The number of para-hydroxylation sites is 1. The van der Waals surface area contributed by atoms with Gasteiger partial charge in [0.05, 0.1) is 18.4 Å². The molecule has 1 N–H and O–H groups in total. The molecule has 1 atom stereocenters. The van der Waals surface area contributed by atoms with Crippen LogP contribution in [-0.2, 0) is 6.42 Å². The van der Waals surface area contributed by atoms with Crippen LogP contribution in [0.1, 0.15) is 35.7 Å². The smallest absolute Gasteiger partial charge is 0.227 e. The minimum atomic E-state index is 0.250. The Hall–Kier alpha value is -2.63. The molecule has 1 aromatic carbocycles. The van der Waals surface area contributed by atoms with E-state index in [1.54, 1.807) is 7.11 Å². The third kappa shape index (κ3) is 2.97. The van der Waals surface area contributed by atoms with Gasteiger partial charge in [0.15, 0.2) is 0 Å². The number of aromatic nitrogens is 4. The van der Waals surface area contributed by atoms with Gasteiger partial charge in [-0.25, -0.2) is 0 Å². The van der Waals surface area contributed by atoms with E-state index >= 15 is 0 Å². The summed E-state index contributed by atoms with van der Waals surface area (Å²) in [7, 11) is 1.63. The summed E-state index contributed by atoms with van der Waals surface area (Å²) in [5.41, 5.74) is 4.13. The van der Waals surface area contributed by atoms with Gasteiger partial charge >= 0.3 is 0 Å². The van der Waals surface area contributed by atoms with Crippen molar-refractivity contribution in [3.63, 3.8) is 0 Å². The highest BCUT2D eigenvalue weighted by molar-refractivity contribution is 5.63. The average Bonchev–Trinajstić information content (AvgIpc) is 3.14. The summed E-state index contributed by atoms with van der Waals surface area (Å²) in [5, 5.41) is 11.3. The maximum atomic E-state index is 5.42. The summed E-state index contributed by atoms with van der Waals surface area (Å²) in [6, 6.07) is 7.64. The van der Waals surface area contributed by atoms with Crippen molar-refractivity contribution in [3.05, 3.63) is 47.1 Å². The highest BCUT2D eigenvalue weighted by atomic mass is 16.5. The van der Waals surface area contributed by atoms with Crippen molar-refractivity contribution in [2.75, 3.05) is 7.11 Å². The fraction of sp³-hybridized carbons (Fsp3) is 0.353. The molecule has 0 aliphatic rings. The number of hydrogen-bond donors (Lipinski definition) is 1. The van der Waals surface area contributed by atoms with Gasteiger partial charge in [0.2, 0.25) is 11.7 Å². The van der Waals surface area contributed by atoms with E-state index in [-0.39, 0.29) is 5.92 Å². The minimum absolute atomic E-state index is 0.250. The molecule has 1 unspecified atom stereocenters. The average molecular weight is 312 g/mol. The lowest BCUT2D eigenvalue weighted by atomic mass is 9.96. The van der Waals surface area contributed by atoms with Crippen LogP contribution >= 0.6 is 0 Å². The minimum Gasteiger partial charge on any atom is -0.496 e. The molecule has 0 aliphatic heterocycles. The van der Waals surface area contributed by atoms with Crippen LogP contribution < -0.4 is 4.74 Å². The Balaban J connectivity index is 1.83. The van der Waals surface area contributed by atoms with E-state index in [1.807, 2.05) is 38.1 Å². The molecule has 0 fully saturated rings. The van der Waals surface area contributed by atoms with Gasteiger partial charge in [0, 0.05) is 12.1 Å². The maximum Gasteiger partial charge on any atom is 0.227 e. The number of hydrogen-bond acceptors (Lipinski definition) is 5. The van der Waals surface area contributed by atoms with Crippen LogP contribution in [-0.4, -0.2) is 27.4 Å². The van der Waals surface area contributed by atoms with Gasteiger partial charge in [-0.3, -0.25) is 5.10 Å². The number of nitrogens with one attached hydrogen (secondary N) is 1. The summed E-state index contributed by atoms with van der Waals surface area (Å²) in [4.78, 5) is 4.51. The lowest BCUT2D eigenvalue weighted by molar-refractivity contribution is 0.371. The predicted molar refractivity (Wildman–Crippen MR) is 86.5 cm³/mol. The van der Waals surface area contributed by atoms with Gasteiger partial charge in [0.25, 0.3) is 0 Å². The van der Waals surface area contributed by atoms with Crippen molar-refractivity contribution in [1.29, 1.82) is 0 Å². The Bertz CT molecular complexity index is 787. The number of benzene rings is 1. The zero-order valence-corrected chi connectivity index (χ0v) is 13.8. The molecule has 0 spiro atoms. The van der Waals surface area contributed by atoms with Crippen LogP contribution in [0.3, 0.4) is 0 Å². The number of aryl methyl sites for hydroxylation is 2. The second kappa shape index (κ2) is 6.24. The molecule has 6 heteroatoms. The van der Waals surface area contributed by atoms with Crippen LogP contribution in [0.5, 0.6) is 5.75 Å². The van der Waals surface area contributed by atoms with Crippen molar-refractivity contribution in [1.82, 2.24) is 20.3 Å². The fourth-order valence-electron chi connectivity index (χ4n) is 2.93. The van der Waals surface area contributed by atoms with E-state index in [9.17, 15) is 0 Å². The summed E-state index contributed by atoms with van der Waals surface area (Å²) < 4.78 is 10.8. The number of rotatable bonds is 5. The second-order valence-electron chi connectivity index (χ2n) is 5.66. The Kier molecular flexibility index (Phi) is 4.14. The van der Waals surface area contributed by atoms with Gasteiger partial charge in [-0.05, 0) is 37.5 Å². The summed E-state index contributed by atoms with van der Waals surface area (Å²) in [5.74, 6) is 2.14. The first-order valence-corrected chi connectivity index (χ1v) is 7.57. The van der Waals surface area contributed by atoms with Crippen molar-refractivity contribution >= 4 is 0 Å². The van der Waals surface area contributed by atoms with Crippen molar-refractivity contribution < 1.29 is 9.26 Å². The zero-order valence-electron chi connectivity index (χ0n) is 13.8. The highest BCUT2D eigenvalue weighted by Crippen LogP contribution is 2.29. The van der Waals surface area contributed by atoms with Crippen LogP contribution in [0.2, 0.25) is 0 Å².